The molecule has 0 aliphatic heterocycles. The van der Waals surface area contributed by atoms with Gasteiger partial charge in [0.2, 0.25) is 0 Å². The van der Waals surface area contributed by atoms with Crippen molar-refractivity contribution in [2.24, 2.45) is 0 Å². The summed E-state index contributed by atoms with van der Waals surface area (Å²) in [6.07, 6.45) is 0. The minimum atomic E-state index is -0.618. The minimum Gasteiger partial charge on any atom is -1.00 e. The Morgan fingerprint density at radius 3 is 1.12 bits per heavy atom. The summed E-state index contributed by atoms with van der Waals surface area (Å²) in [6.45, 7) is 7.01. The fraction of sp³-hybridized carbons (Fsp3) is 1.00. The van der Waals surface area contributed by atoms with E-state index in [0.717, 1.165) is 0 Å². The van der Waals surface area contributed by atoms with Gasteiger partial charge in [0.1, 0.15) is 0 Å². The van der Waals surface area contributed by atoms with Crippen molar-refractivity contribution < 1.29 is 24.0 Å². The smallest absolute Gasteiger partial charge is 1.00 e. The van der Waals surface area contributed by atoms with Crippen LogP contribution >= 0.6 is 0 Å². The third kappa shape index (κ3) is 5.65. The van der Waals surface area contributed by atoms with Gasteiger partial charge in [-0.05, 0) is 0 Å². The number of halogens is 1. The summed E-state index contributed by atoms with van der Waals surface area (Å²) in [5.41, 5.74) is 0. The van der Waals surface area contributed by atoms with Gasteiger partial charge in [-0.2, -0.15) is 0 Å². The summed E-state index contributed by atoms with van der Waals surface area (Å²) < 4.78 is 0.670. The largest absolute Gasteiger partial charge is 1.00 e. The SMILES string of the molecule is C[Te+](C)C(C)(C)C.[I-]. The van der Waals surface area contributed by atoms with Gasteiger partial charge < -0.3 is 24.0 Å². The second-order valence-electron chi connectivity index (χ2n) is 2.93. The van der Waals surface area contributed by atoms with Gasteiger partial charge in [0, 0.05) is 0 Å². The second kappa shape index (κ2) is 4.35. The van der Waals surface area contributed by atoms with E-state index in [-0.39, 0.29) is 24.0 Å². The van der Waals surface area contributed by atoms with Gasteiger partial charge in [0.25, 0.3) is 0 Å². The number of rotatable bonds is 0. The Balaban J connectivity index is 0. The summed E-state index contributed by atoms with van der Waals surface area (Å²) in [4.78, 5) is 4.84. The summed E-state index contributed by atoms with van der Waals surface area (Å²) in [5, 5.41) is 0. The Morgan fingerprint density at radius 2 is 1.12 bits per heavy atom. The molecule has 0 unspecified atom stereocenters. The summed E-state index contributed by atoms with van der Waals surface area (Å²) >= 11 is -0.618. The van der Waals surface area contributed by atoms with Crippen LogP contribution in [0.25, 0.3) is 0 Å². The van der Waals surface area contributed by atoms with Crippen LogP contribution in [-0.4, -0.2) is 19.6 Å². The van der Waals surface area contributed by atoms with Gasteiger partial charge in [-0.25, -0.2) is 0 Å². The normalized spacial score (nSPS) is 11.2. The van der Waals surface area contributed by atoms with E-state index in [1.807, 2.05) is 0 Å². The van der Waals surface area contributed by atoms with Crippen molar-refractivity contribution in [2.75, 3.05) is 0 Å². The molecule has 0 heterocycles. The van der Waals surface area contributed by atoms with E-state index < -0.39 is 19.6 Å². The van der Waals surface area contributed by atoms with Crippen LogP contribution in [0.4, 0.5) is 0 Å². The van der Waals surface area contributed by atoms with E-state index in [1.165, 1.54) is 0 Å². The van der Waals surface area contributed by atoms with Crippen LogP contribution in [0.1, 0.15) is 20.8 Å². The molecule has 0 amide bonds. The standard InChI is InChI=1S/C6H15Te.HI/c1-6(2,3)7(4)5;/h1-5H3;1H/q+1;/p-1. The van der Waals surface area contributed by atoms with Crippen molar-refractivity contribution in [1.29, 1.82) is 0 Å². The predicted octanol–water partition coefficient (Wildman–Crippen LogP) is -0.455. The van der Waals surface area contributed by atoms with E-state index in [1.54, 1.807) is 0 Å². The molecule has 0 bridgehead atoms. The topological polar surface area (TPSA) is 0 Å². The maximum absolute atomic E-state index is 2.42. The van der Waals surface area contributed by atoms with Gasteiger partial charge in [-0.15, -0.1) is 0 Å². The first-order valence-electron chi connectivity index (χ1n) is 2.52. The Hall–Kier alpha value is 1.52. The van der Waals surface area contributed by atoms with Crippen LogP contribution in [0.15, 0.2) is 0 Å². The van der Waals surface area contributed by atoms with Crippen molar-refractivity contribution in [3.8, 4) is 0 Å². The molecule has 0 aliphatic carbocycles. The minimum absolute atomic E-state index is 0. The van der Waals surface area contributed by atoms with Crippen LogP contribution in [0.2, 0.25) is 13.4 Å². The van der Waals surface area contributed by atoms with Crippen LogP contribution < -0.4 is 24.0 Å². The number of hydrogen-bond acceptors (Lipinski definition) is 0. The molecule has 0 saturated carbocycles. The van der Waals surface area contributed by atoms with Crippen molar-refractivity contribution in [3.63, 3.8) is 0 Å². The molecule has 0 aliphatic rings. The van der Waals surface area contributed by atoms with E-state index in [2.05, 4.69) is 30.7 Å². The molecule has 0 fully saturated rings. The van der Waals surface area contributed by atoms with Crippen LogP contribution in [0.5, 0.6) is 0 Å². The molecule has 0 saturated heterocycles. The molecule has 0 aromatic rings. The molecule has 0 spiro atoms. The zero-order valence-electron chi connectivity index (χ0n) is 6.29. The number of hydrogen-bond donors (Lipinski definition) is 0. The van der Waals surface area contributed by atoms with Gasteiger partial charge in [0.15, 0.2) is 0 Å². The van der Waals surface area contributed by atoms with E-state index in [0.29, 0.717) is 3.46 Å². The first kappa shape index (κ1) is 12.2. The summed E-state index contributed by atoms with van der Waals surface area (Å²) in [7, 11) is 0. The third-order valence-electron chi connectivity index (χ3n) is 1.22. The molecular weight excluding hydrogens is 327 g/mol. The van der Waals surface area contributed by atoms with Gasteiger partial charge in [-0.1, -0.05) is 0 Å². The van der Waals surface area contributed by atoms with E-state index >= 15 is 0 Å². The quantitative estimate of drug-likeness (QED) is 0.413. The molecular formula is C6H15ITe. The molecule has 8 heavy (non-hydrogen) atoms. The fourth-order valence-electron chi connectivity index (χ4n) is 0. The Morgan fingerprint density at radius 1 is 1.00 bits per heavy atom. The molecule has 0 rings (SSSR count). The molecule has 0 atom stereocenters. The summed E-state index contributed by atoms with van der Waals surface area (Å²) in [6, 6.07) is 0. The molecule has 0 aromatic heterocycles. The molecule has 2 heteroatoms. The van der Waals surface area contributed by atoms with Crippen LogP contribution in [-0.2, 0) is 0 Å². The Kier molecular flexibility index (Phi) is 6.65. The Bertz CT molecular complexity index is 54.0. The molecule has 0 nitrogen and oxygen atoms in total. The Labute approximate surface area is 77.1 Å². The van der Waals surface area contributed by atoms with Crippen molar-refractivity contribution >= 4 is 19.6 Å². The molecule has 0 radical (unpaired) electrons. The van der Waals surface area contributed by atoms with Crippen molar-refractivity contribution in [3.05, 3.63) is 0 Å². The van der Waals surface area contributed by atoms with E-state index in [4.69, 9.17) is 0 Å². The van der Waals surface area contributed by atoms with Gasteiger partial charge in [0.05, 0.1) is 0 Å². The zero-order chi connectivity index (χ0) is 6.08. The van der Waals surface area contributed by atoms with Gasteiger partial charge in [-0.3, -0.25) is 0 Å². The fourth-order valence-corrected chi connectivity index (χ4v) is 0. The monoisotopic (exact) mass is 344 g/mol. The van der Waals surface area contributed by atoms with Crippen molar-refractivity contribution in [1.82, 2.24) is 0 Å². The first-order valence-corrected chi connectivity index (χ1v) is 8.35. The predicted molar refractivity (Wildman–Crippen MR) is 37.2 cm³/mol. The first-order chi connectivity index (χ1) is 2.94. The average molecular weight is 342 g/mol. The third-order valence-corrected chi connectivity index (χ3v) is 8.22. The second-order valence-corrected chi connectivity index (χ2v) is 11.1. The van der Waals surface area contributed by atoms with Gasteiger partial charge >= 0.3 is 53.7 Å². The van der Waals surface area contributed by atoms with Crippen molar-refractivity contribution in [2.45, 2.75) is 34.2 Å². The molecule has 0 aromatic carbocycles. The maximum atomic E-state index is 2.42. The van der Waals surface area contributed by atoms with Crippen LogP contribution in [0, 0.1) is 0 Å². The molecule has 0 N–H and O–H groups in total. The summed E-state index contributed by atoms with van der Waals surface area (Å²) in [5.74, 6) is 0. The van der Waals surface area contributed by atoms with Crippen LogP contribution in [0.3, 0.4) is 0 Å². The zero-order valence-corrected chi connectivity index (χ0v) is 10.8. The van der Waals surface area contributed by atoms with E-state index in [9.17, 15) is 0 Å². The molecule has 52 valence electrons. The average Bonchev–Trinajstić information content (AvgIpc) is 1.31. The maximum Gasteiger partial charge on any atom is -1.00 e.